The lowest BCUT2D eigenvalue weighted by atomic mass is 10.0. The molecule has 1 aliphatic heterocycles. The SMILES string of the molecule is CCOC(=O)CC(c1cc(Cl)ccc1Br)N1CCOCC1. The Morgan fingerprint density at radius 1 is 1.48 bits per heavy atom. The number of morpholine rings is 1. The molecule has 1 aromatic carbocycles. The Kier molecular flexibility index (Phi) is 6.48. The van der Waals surface area contributed by atoms with E-state index in [0.29, 0.717) is 31.3 Å². The van der Waals surface area contributed by atoms with Crippen molar-refractivity contribution >= 4 is 33.5 Å². The average Bonchev–Trinajstić information content (AvgIpc) is 2.49. The van der Waals surface area contributed by atoms with Gasteiger partial charge in [0.2, 0.25) is 0 Å². The predicted molar refractivity (Wildman–Crippen MR) is 85.5 cm³/mol. The average molecular weight is 377 g/mol. The summed E-state index contributed by atoms with van der Waals surface area (Å²) in [7, 11) is 0. The van der Waals surface area contributed by atoms with Crippen molar-refractivity contribution in [3.63, 3.8) is 0 Å². The zero-order valence-corrected chi connectivity index (χ0v) is 14.3. The molecule has 1 fully saturated rings. The fourth-order valence-corrected chi connectivity index (χ4v) is 3.16. The van der Waals surface area contributed by atoms with Crippen molar-refractivity contribution in [2.24, 2.45) is 0 Å². The summed E-state index contributed by atoms with van der Waals surface area (Å²) in [6, 6.07) is 5.60. The molecule has 0 amide bonds. The van der Waals surface area contributed by atoms with E-state index >= 15 is 0 Å². The van der Waals surface area contributed by atoms with Gasteiger partial charge in [-0.2, -0.15) is 0 Å². The van der Waals surface area contributed by atoms with Gasteiger partial charge in [0.1, 0.15) is 0 Å². The molecule has 0 bridgehead atoms. The molecule has 1 aliphatic rings. The summed E-state index contributed by atoms with van der Waals surface area (Å²) in [4.78, 5) is 14.2. The second kappa shape index (κ2) is 8.13. The first-order chi connectivity index (χ1) is 10.1. The largest absolute Gasteiger partial charge is 0.466 e. The zero-order chi connectivity index (χ0) is 15.2. The van der Waals surface area contributed by atoms with Crippen LogP contribution in [0.25, 0.3) is 0 Å². The third kappa shape index (κ3) is 4.68. The fraction of sp³-hybridized carbons (Fsp3) is 0.533. The number of hydrogen-bond donors (Lipinski definition) is 0. The van der Waals surface area contributed by atoms with Crippen molar-refractivity contribution in [2.75, 3.05) is 32.9 Å². The fourth-order valence-electron chi connectivity index (χ4n) is 2.47. The van der Waals surface area contributed by atoms with Crippen LogP contribution in [0.3, 0.4) is 0 Å². The number of ether oxygens (including phenoxy) is 2. The highest BCUT2D eigenvalue weighted by Gasteiger charge is 2.27. The molecule has 21 heavy (non-hydrogen) atoms. The Morgan fingerprint density at radius 3 is 2.86 bits per heavy atom. The van der Waals surface area contributed by atoms with Crippen LogP contribution in [0.1, 0.15) is 24.9 Å². The number of nitrogens with zero attached hydrogens (tertiary/aromatic N) is 1. The minimum Gasteiger partial charge on any atom is -0.466 e. The lowest BCUT2D eigenvalue weighted by molar-refractivity contribution is -0.145. The number of hydrogen-bond acceptors (Lipinski definition) is 4. The van der Waals surface area contributed by atoms with Gasteiger partial charge in [-0.15, -0.1) is 0 Å². The van der Waals surface area contributed by atoms with Crippen LogP contribution in [0.5, 0.6) is 0 Å². The second-order valence-corrected chi connectivity index (χ2v) is 6.13. The summed E-state index contributed by atoms with van der Waals surface area (Å²) < 4.78 is 11.5. The Balaban J connectivity index is 2.25. The molecule has 0 aromatic heterocycles. The molecule has 0 spiro atoms. The van der Waals surface area contributed by atoms with Crippen molar-refractivity contribution in [3.8, 4) is 0 Å². The number of halogens is 2. The normalized spacial score (nSPS) is 17.5. The monoisotopic (exact) mass is 375 g/mol. The smallest absolute Gasteiger partial charge is 0.307 e. The summed E-state index contributed by atoms with van der Waals surface area (Å²) >= 11 is 9.68. The summed E-state index contributed by atoms with van der Waals surface area (Å²) in [5, 5.41) is 0.662. The Morgan fingerprint density at radius 2 is 2.19 bits per heavy atom. The van der Waals surface area contributed by atoms with Gasteiger partial charge in [-0.05, 0) is 30.7 Å². The predicted octanol–water partition coefficient (Wildman–Crippen LogP) is 3.43. The molecule has 0 N–H and O–H groups in total. The van der Waals surface area contributed by atoms with E-state index in [1.807, 2.05) is 25.1 Å². The molecule has 4 nitrogen and oxygen atoms in total. The highest BCUT2D eigenvalue weighted by atomic mass is 79.9. The molecule has 1 atom stereocenters. The maximum atomic E-state index is 11.9. The topological polar surface area (TPSA) is 38.8 Å². The molecule has 116 valence electrons. The molecule has 1 heterocycles. The highest BCUT2D eigenvalue weighted by Crippen LogP contribution is 2.33. The van der Waals surface area contributed by atoms with E-state index in [1.54, 1.807) is 0 Å². The molecule has 1 aromatic rings. The Bertz CT molecular complexity index is 492. The first kappa shape index (κ1) is 16.7. The lowest BCUT2D eigenvalue weighted by Gasteiger charge is -2.34. The molecule has 0 saturated carbocycles. The first-order valence-corrected chi connectivity index (χ1v) is 8.21. The van der Waals surface area contributed by atoms with Crippen LogP contribution in [0.2, 0.25) is 5.02 Å². The highest BCUT2D eigenvalue weighted by molar-refractivity contribution is 9.10. The van der Waals surface area contributed by atoms with Crippen LogP contribution in [-0.4, -0.2) is 43.8 Å². The van der Waals surface area contributed by atoms with Gasteiger partial charge in [0.05, 0.1) is 26.2 Å². The van der Waals surface area contributed by atoms with Gasteiger partial charge in [-0.3, -0.25) is 9.69 Å². The molecule has 6 heteroatoms. The van der Waals surface area contributed by atoms with Crippen LogP contribution >= 0.6 is 27.5 Å². The van der Waals surface area contributed by atoms with E-state index < -0.39 is 0 Å². The Hall–Kier alpha value is -0.620. The van der Waals surface area contributed by atoms with Gasteiger partial charge >= 0.3 is 5.97 Å². The van der Waals surface area contributed by atoms with Gasteiger partial charge in [-0.1, -0.05) is 27.5 Å². The van der Waals surface area contributed by atoms with Crippen molar-refractivity contribution in [1.29, 1.82) is 0 Å². The number of carbonyl (C=O) groups is 1. The third-order valence-electron chi connectivity index (χ3n) is 3.47. The van der Waals surface area contributed by atoms with E-state index in [1.165, 1.54) is 0 Å². The van der Waals surface area contributed by atoms with Gasteiger partial charge in [0.15, 0.2) is 0 Å². The van der Waals surface area contributed by atoms with Crippen LogP contribution in [0.4, 0.5) is 0 Å². The molecule has 0 radical (unpaired) electrons. The summed E-state index contributed by atoms with van der Waals surface area (Å²) in [5.41, 5.74) is 1.01. The maximum absolute atomic E-state index is 11.9. The van der Waals surface area contributed by atoms with Crippen LogP contribution < -0.4 is 0 Å². The standard InChI is InChI=1S/C15H19BrClNO3/c1-2-21-15(19)10-14(18-5-7-20-8-6-18)12-9-11(17)3-4-13(12)16/h3-4,9,14H,2,5-8,10H2,1H3. The minimum absolute atomic E-state index is 0.0546. The number of rotatable bonds is 5. The second-order valence-electron chi connectivity index (χ2n) is 4.84. The molecule has 0 aliphatic carbocycles. The lowest BCUT2D eigenvalue weighted by Crippen LogP contribution is -2.40. The van der Waals surface area contributed by atoms with Crippen molar-refractivity contribution < 1.29 is 14.3 Å². The summed E-state index contributed by atoms with van der Waals surface area (Å²) in [5.74, 6) is -0.194. The molecular weight excluding hydrogens is 358 g/mol. The molecule has 1 saturated heterocycles. The van der Waals surface area contributed by atoms with Crippen molar-refractivity contribution in [1.82, 2.24) is 4.90 Å². The van der Waals surface area contributed by atoms with E-state index in [0.717, 1.165) is 23.1 Å². The maximum Gasteiger partial charge on any atom is 0.307 e. The van der Waals surface area contributed by atoms with Crippen LogP contribution in [-0.2, 0) is 14.3 Å². The Labute approximate surface area is 138 Å². The molecule has 2 rings (SSSR count). The van der Waals surface area contributed by atoms with Gasteiger partial charge in [0.25, 0.3) is 0 Å². The third-order valence-corrected chi connectivity index (χ3v) is 4.43. The van der Waals surface area contributed by atoms with Crippen molar-refractivity contribution in [2.45, 2.75) is 19.4 Å². The molecule has 1 unspecified atom stereocenters. The first-order valence-electron chi connectivity index (χ1n) is 7.04. The quantitative estimate of drug-likeness (QED) is 0.738. The number of carbonyl (C=O) groups excluding carboxylic acids is 1. The van der Waals surface area contributed by atoms with E-state index in [9.17, 15) is 4.79 Å². The van der Waals surface area contributed by atoms with E-state index in [2.05, 4.69) is 20.8 Å². The van der Waals surface area contributed by atoms with E-state index in [4.69, 9.17) is 21.1 Å². The number of benzene rings is 1. The van der Waals surface area contributed by atoms with Crippen LogP contribution in [0, 0.1) is 0 Å². The summed E-state index contributed by atoms with van der Waals surface area (Å²) in [6.07, 6.45) is 0.312. The van der Waals surface area contributed by atoms with E-state index in [-0.39, 0.29) is 12.0 Å². The van der Waals surface area contributed by atoms with Gasteiger partial charge in [-0.25, -0.2) is 0 Å². The van der Waals surface area contributed by atoms with Gasteiger partial charge in [0, 0.05) is 28.6 Å². The van der Waals surface area contributed by atoms with Crippen molar-refractivity contribution in [3.05, 3.63) is 33.3 Å². The molecular formula is C15H19BrClNO3. The minimum atomic E-state index is -0.194. The van der Waals surface area contributed by atoms with Gasteiger partial charge < -0.3 is 9.47 Å². The zero-order valence-electron chi connectivity index (χ0n) is 12.0. The summed E-state index contributed by atoms with van der Waals surface area (Å²) in [6.45, 7) is 5.16. The number of esters is 1. The van der Waals surface area contributed by atoms with Crippen LogP contribution in [0.15, 0.2) is 22.7 Å².